The van der Waals surface area contributed by atoms with Crippen molar-refractivity contribution in [2.75, 3.05) is 5.32 Å². The smallest absolute Gasteiger partial charge is 0.324 e. The van der Waals surface area contributed by atoms with E-state index in [1.54, 1.807) is 13.0 Å². The Bertz CT molecular complexity index is 1140. The van der Waals surface area contributed by atoms with Gasteiger partial charge in [0.05, 0.1) is 11.3 Å². The zero-order valence-corrected chi connectivity index (χ0v) is 18.1. The molecule has 1 aromatic heterocycles. The van der Waals surface area contributed by atoms with E-state index >= 15 is 0 Å². The number of nitrogens with zero attached hydrogens (tertiary/aromatic N) is 3. The lowest BCUT2D eigenvalue weighted by Crippen LogP contribution is -2.15. The van der Waals surface area contributed by atoms with E-state index in [2.05, 4.69) is 15.5 Å². The van der Waals surface area contributed by atoms with Crippen molar-refractivity contribution in [1.29, 1.82) is 0 Å². The molecule has 2 aromatic carbocycles. The monoisotopic (exact) mass is 460 g/mol. The molecule has 2 heterocycles. The average Bonchev–Trinajstić information content (AvgIpc) is 3.02. The molecule has 4 rings (SSSR count). The Kier molecular flexibility index (Phi) is 6.49. The predicted octanol–water partition coefficient (Wildman–Crippen LogP) is 5.96. The van der Waals surface area contributed by atoms with Gasteiger partial charge < -0.3 is 9.88 Å². The summed E-state index contributed by atoms with van der Waals surface area (Å²) in [6.45, 7) is 2.53. The molecule has 0 aliphatic carbocycles. The van der Waals surface area contributed by atoms with Crippen LogP contribution in [0.4, 0.5) is 23.2 Å². The molecule has 9 heteroatoms. The Morgan fingerprint density at radius 1 is 1.09 bits per heavy atom. The van der Waals surface area contributed by atoms with Gasteiger partial charge in [0, 0.05) is 24.9 Å². The second kappa shape index (κ2) is 9.33. The molecule has 5 nitrogen and oxygen atoms in total. The minimum Gasteiger partial charge on any atom is -0.324 e. The number of nitrogens with one attached hydrogen (secondary N) is 1. The summed E-state index contributed by atoms with van der Waals surface area (Å²) >= 11 is 0. The molecule has 3 aromatic rings. The number of fused-ring (bicyclic) bond motifs is 1. The van der Waals surface area contributed by atoms with E-state index in [0.29, 0.717) is 17.0 Å². The van der Waals surface area contributed by atoms with E-state index in [1.165, 1.54) is 24.3 Å². The Morgan fingerprint density at radius 2 is 1.85 bits per heavy atom. The summed E-state index contributed by atoms with van der Waals surface area (Å²) < 4.78 is 54.7. The molecule has 0 saturated carbocycles. The number of rotatable bonds is 5. The van der Waals surface area contributed by atoms with Gasteiger partial charge in [-0.05, 0) is 54.7 Å². The van der Waals surface area contributed by atoms with E-state index in [1.807, 2.05) is 4.57 Å². The summed E-state index contributed by atoms with van der Waals surface area (Å²) in [5.41, 5.74) is 0.540. The van der Waals surface area contributed by atoms with Gasteiger partial charge >= 0.3 is 6.18 Å². The molecule has 0 bridgehead atoms. The molecule has 1 atom stereocenters. The van der Waals surface area contributed by atoms with Crippen molar-refractivity contribution in [3.8, 4) is 11.4 Å². The van der Waals surface area contributed by atoms with Crippen molar-refractivity contribution in [3.63, 3.8) is 0 Å². The molecule has 33 heavy (non-hydrogen) atoms. The summed E-state index contributed by atoms with van der Waals surface area (Å²) in [6.07, 6.45) is -0.380. The molecule has 1 amide bonds. The standard InChI is InChI=1S/C24H24F4N4O/c1-15(16-6-9-18(10-7-16)24(26,27)28)13-22(33)29-20-14-17(8-11-19(20)25)23-31-30-21-5-3-2-4-12-32(21)23/h6-11,14-15H,2-5,12-13H2,1H3,(H,29,33). The van der Waals surface area contributed by atoms with Crippen LogP contribution in [0, 0.1) is 5.82 Å². The van der Waals surface area contributed by atoms with Crippen LogP contribution < -0.4 is 5.32 Å². The minimum atomic E-state index is -4.41. The van der Waals surface area contributed by atoms with Gasteiger partial charge in [-0.15, -0.1) is 10.2 Å². The third kappa shape index (κ3) is 5.23. The van der Waals surface area contributed by atoms with Crippen molar-refractivity contribution in [3.05, 3.63) is 65.2 Å². The van der Waals surface area contributed by atoms with Crippen molar-refractivity contribution in [2.45, 2.75) is 57.7 Å². The highest BCUT2D eigenvalue weighted by atomic mass is 19.4. The van der Waals surface area contributed by atoms with Crippen molar-refractivity contribution < 1.29 is 22.4 Å². The molecule has 0 spiro atoms. The van der Waals surface area contributed by atoms with Crippen molar-refractivity contribution in [1.82, 2.24) is 14.8 Å². The van der Waals surface area contributed by atoms with Gasteiger partial charge in [-0.1, -0.05) is 25.5 Å². The highest BCUT2D eigenvalue weighted by Gasteiger charge is 2.30. The summed E-state index contributed by atoms with van der Waals surface area (Å²) in [6, 6.07) is 9.14. The zero-order valence-electron chi connectivity index (χ0n) is 18.1. The lowest BCUT2D eigenvalue weighted by molar-refractivity contribution is -0.137. The van der Waals surface area contributed by atoms with Gasteiger partial charge in [0.1, 0.15) is 11.6 Å². The van der Waals surface area contributed by atoms with E-state index in [-0.39, 0.29) is 18.0 Å². The molecular formula is C24H24F4N4O. The highest BCUT2D eigenvalue weighted by molar-refractivity contribution is 5.92. The number of hydrogen-bond acceptors (Lipinski definition) is 3. The number of hydrogen-bond donors (Lipinski definition) is 1. The number of carbonyl (C=O) groups is 1. The summed E-state index contributed by atoms with van der Waals surface area (Å²) in [4.78, 5) is 12.6. The number of alkyl halides is 3. The summed E-state index contributed by atoms with van der Waals surface area (Å²) in [7, 11) is 0. The molecule has 0 saturated heterocycles. The zero-order chi connectivity index (χ0) is 23.6. The SMILES string of the molecule is CC(CC(=O)Nc1cc(-c2nnc3n2CCCCC3)ccc1F)c1ccc(C(F)(F)F)cc1. The second-order valence-corrected chi connectivity index (χ2v) is 8.37. The average molecular weight is 460 g/mol. The molecule has 0 radical (unpaired) electrons. The van der Waals surface area contributed by atoms with E-state index in [4.69, 9.17) is 0 Å². The maximum atomic E-state index is 14.4. The fourth-order valence-corrected chi connectivity index (χ4v) is 4.06. The normalized spacial score (nSPS) is 14.9. The number of halogens is 4. The first-order valence-corrected chi connectivity index (χ1v) is 10.9. The van der Waals surface area contributed by atoms with Gasteiger partial charge in [-0.25, -0.2) is 4.39 Å². The number of anilines is 1. The largest absolute Gasteiger partial charge is 0.416 e. The third-order valence-electron chi connectivity index (χ3n) is 5.91. The van der Waals surface area contributed by atoms with Crippen LogP contribution in [-0.4, -0.2) is 20.7 Å². The molecule has 1 aliphatic rings. The maximum Gasteiger partial charge on any atom is 0.416 e. The molecule has 0 fully saturated rings. The first kappa shape index (κ1) is 22.9. The molecular weight excluding hydrogens is 436 g/mol. The number of aromatic nitrogens is 3. The van der Waals surface area contributed by atoms with Crippen molar-refractivity contribution in [2.24, 2.45) is 0 Å². The quantitative estimate of drug-likeness (QED) is 0.478. The van der Waals surface area contributed by atoms with Crippen LogP contribution in [0.3, 0.4) is 0 Å². The van der Waals surface area contributed by atoms with Crippen LogP contribution in [0.2, 0.25) is 0 Å². The van der Waals surface area contributed by atoms with Gasteiger partial charge in [-0.3, -0.25) is 4.79 Å². The van der Waals surface area contributed by atoms with E-state index in [9.17, 15) is 22.4 Å². The van der Waals surface area contributed by atoms with Gasteiger partial charge in [-0.2, -0.15) is 13.2 Å². The Labute approximate surface area is 188 Å². The lowest BCUT2D eigenvalue weighted by Gasteiger charge is -2.14. The minimum absolute atomic E-state index is 0.00460. The van der Waals surface area contributed by atoms with Gasteiger partial charge in [0.15, 0.2) is 5.82 Å². The van der Waals surface area contributed by atoms with Crippen LogP contribution in [0.1, 0.15) is 55.5 Å². The second-order valence-electron chi connectivity index (χ2n) is 8.37. The molecule has 1 N–H and O–H groups in total. The number of amides is 1. The third-order valence-corrected chi connectivity index (χ3v) is 5.91. The first-order chi connectivity index (χ1) is 15.7. The fraction of sp³-hybridized carbons (Fsp3) is 0.375. The maximum absolute atomic E-state index is 14.4. The van der Waals surface area contributed by atoms with Crippen LogP contribution in [0.15, 0.2) is 42.5 Å². The van der Waals surface area contributed by atoms with Crippen LogP contribution in [0.25, 0.3) is 11.4 Å². The molecule has 1 aliphatic heterocycles. The van der Waals surface area contributed by atoms with Crippen LogP contribution in [0.5, 0.6) is 0 Å². The number of benzene rings is 2. The highest BCUT2D eigenvalue weighted by Crippen LogP contribution is 2.31. The fourth-order valence-electron chi connectivity index (χ4n) is 4.06. The predicted molar refractivity (Wildman–Crippen MR) is 116 cm³/mol. The van der Waals surface area contributed by atoms with Crippen LogP contribution in [-0.2, 0) is 23.9 Å². The van der Waals surface area contributed by atoms with E-state index in [0.717, 1.165) is 50.2 Å². The Hall–Kier alpha value is -3.23. The molecule has 1 unspecified atom stereocenters. The number of aryl methyl sites for hydroxylation is 1. The van der Waals surface area contributed by atoms with E-state index < -0.39 is 23.5 Å². The Balaban J connectivity index is 1.47. The van der Waals surface area contributed by atoms with Gasteiger partial charge in [0.25, 0.3) is 0 Å². The Morgan fingerprint density at radius 3 is 2.58 bits per heavy atom. The van der Waals surface area contributed by atoms with Crippen molar-refractivity contribution >= 4 is 11.6 Å². The topological polar surface area (TPSA) is 59.8 Å². The van der Waals surface area contributed by atoms with Gasteiger partial charge in [0.2, 0.25) is 5.91 Å². The summed E-state index contributed by atoms with van der Waals surface area (Å²) in [5, 5.41) is 11.1. The lowest BCUT2D eigenvalue weighted by atomic mass is 9.96. The first-order valence-electron chi connectivity index (χ1n) is 10.9. The summed E-state index contributed by atoms with van der Waals surface area (Å²) in [5.74, 6) is 0.192. The molecule has 174 valence electrons. The number of carbonyl (C=O) groups excluding carboxylic acids is 1. The van der Waals surface area contributed by atoms with Crippen LogP contribution >= 0.6 is 0 Å².